The maximum atomic E-state index is 13.2. The largest absolute Gasteiger partial charge is 0.351 e. The third-order valence-corrected chi connectivity index (χ3v) is 3.51. The maximum absolute atomic E-state index is 13.2. The number of benzene rings is 1. The molecule has 0 aliphatic carbocycles. The molecule has 1 aliphatic rings. The predicted octanol–water partition coefficient (Wildman–Crippen LogP) is 1.46. The minimum atomic E-state index is -0.972. The normalized spacial score (nSPS) is 17.9. The number of anilines is 1. The van der Waals surface area contributed by atoms with Crippen molar-refractivity contribution in [3.05, 3.63) is 34.1 Å². The number of urea groups is 1. The van der Waals surface area contributed by atoms with Crippen molar-refractivity contribution in [2.75, 3.05) is 18.4 Å². The van der Waals surface area contributed by atoms with Crippen LogP contribution in [0, 0.1) is 21.8 Å². The van der Waals surface area contributed by atoms with Crippen molar-refractivity contribution in [1.29, 1.82) is 0 Å². The van der Waals surface area contributed by atoms with Crippen LogP contribution in [-0.4, -0.2) is 34.9 Å². The fourth-order valence-electron chi connectivity index (χ4n) is 2.37. The van der Waals surface area contributed by atoms with Gasteiger partial charge in [-0.2, -0.15) is 4.39 Å². The second-order valence-electron chi connectivity index (χ2n) is 5.04. The average Bonchev–Trinajstić information content (AvgIpc) is 2.49. The number of nitro benzene ring substituents is 1. The molecule has 118 valence electrons. The number of carbonyl (C=O) groups excluding carboxylic acids is 2. The van der Waals surface area contributed by atoms with Gasteiger partial charge in [-0.05, 0) is 25.0 Å². The summed E-state index contributed by atoms with van der Waals surface area (Å²) in [5.41, 5.74) is 4.62. The van der Waals surface area contributed by atoms with Crippen LogP contribution < -0.4 is 11.1 Å². The number of hydrogen-bond acceptors (Lipinski definition) is 4. The number of hydrogen-bond donors (Lipinski definition) is 2. The van der Waals surface area contributed by atoms with Crippen LogP contribution in [0.2, 0.25) is 0 Å². The van der Waals surface area contributed by atoms with E-state index in [2.05, 4.69) is 5.32 Å². The van der Waals surface area contributed by atoms with Crippen LogP contribution >= 0.6 is 0 Å². The lowest BCUT2D eigenvalue weighted by Crippen LogP contribution is -2.46. The zero-order valence-corrected chi connectivity index (χ0v) is 11.6. The van der Waals surface area contributed by atoms with E-state index in [4.69, 9.17) is 5.73 Å². The average molecular weight is 310 g/mol. The van der Waals surface area contributed by atoms with E-state index in [1.165, 1.54) is 11.0 Å². The number of nitrogens with zero attached hydrogens (tertiary/aromatic N) is 2. The van der Waals surface area contributed by atoms with Crippen molar-refractivity contribution in [2.45, 2.75) is 12.8 Å². The van der Waals surface area contributed by atoms with E-state index in [1.54, 1.807) is 0 Å². The highest BCUT2D eigenvalue weighted by molar-refractivity contribution is 5.93. The summed E-state index contributed by atoms with van der Waals surface area (Å²) >= 11 is 0. The number of rotatable bonds is 3. The van der Waals surface area contributed by atoms with Crippen molar-refractivity contribution in [2.24, 2.45) is 11.7 Å². The van der Waals surface area contributed by atoms with E-state index in [0.717, 1.165) is 12.1 Å². The Morgan fingerprint density at radius 1 is 1.45 bits per heavy atom. The van der Waals surface area contributed by atoms with Gasteiger partial charge in [-0.15, -0.1) is 0 Å². The van der Waals surface area contributed by atoms with Gasteiger partial charge < -0.3 is 16.0 Å². The van der Waals surface area contributed by atoms with Crippen molar-refractivity contribution in [3.8, 4) is 0 Å². The van der Waals surface area contributed by atoms with Gasteiger partial charge in [-0.25, -0.2) is 4.79 Å². The molecular weight excluding hydrogens is 295 g/mol. The molecule has 0 saturated carbocycles. The number of carbonyl (C=O) groups is 2. The van der Waals surface area contributed by atoms with E-state index in [-0.39, 0.29) is 18.1 Å². The van der Waals surface area contributed by atoms with Gasteiger partial charge in [0.2, 0.25) is 11.7 Å². The second-order valence-corrected chi connectivity index (χ2v) is 5.04. The number of nitrogens with one attached hydrogen (secondary N) is 1. The first-order valence-electron chi connectivity index (χ1n) is 6.67. The molecule has 2 rings (SSSR count). The number of nitrogens with two attached hydrogens (primary N) is 1. The van der Waals surface area contributed by atoms with Gasteiger partial charge >= 0.3 is 11.7 Å². The zero-order valence-electron chi connectivity index (χ0n) is 11.6. The van der Waals surface area contributed by atoms with Gasteiger partial charge in [0, 0.05) is 24.8 Å². The smallest absolute Gasteiger partial charge is 0.314 e. The molecule has 1 aliphatic heterocycles. The quantitative estimate of drug-likeness (QED) is 0.649. The van der Waals surface area contributed by atoms with Crippen molar-refractivity contribution < 1.29 is 18.9 Å². The zero-order chi connectivity index (χ0) is 16.3. The molecule has 1 heterocycles. The highest BCUT2D eigenvalue weighted by Crippen LogP contribution is 2.23. The molecule has 22 heavy (non-hydrogen) atoms. The van der Waals surface area contributed by atoms with E-state index >= 15 is 0 Å². The lowest BCUT2D eigenvalue weighted by Gasteiger charge is -2.30. The summed E-state index contributed by atoms with van der Waals surface area (Å²) in [5.74, 6) is -1.81. The molecule has 0 spiro atoms. The molecule has 3 amide bonds. The fourth-order valence-corrected chi connectivity index (χ4v) is 2.37. The van der Waals surface area contributed by atoms with Crippen LogP contribution in [0.15, 0.2) is 18.2 Å². The van der Waals surface area contributed by atoms with Gasteiger partial charge in [-0.3, -0.25) is 14.9 Å². The molecule has 8 nitrogen and oxygen atoms in total. The minimum Gasteiger partial charge on any atom is -0.351 e. The lowest BCUT2D eigenvalue weighted by atomic mass is 9.97. The Labute approximate surface area is 125 Å². The maximum Gasteiger partial charge on any atom is 0.314 e. The first-order valence-corrected chi connectivity index (χ1v) is 6.67. The summed E-state index contributed by atoms with van der Waals surface area (Å²) < 4.78 is 13.2. The summed E-state index contributed by atoms with van der Waals surface area (Å²) in [4.78, 5) is 34.5. The highest BCUT2D eigenvalue weighted by Gasteiger charge is 2.27. The lowest BCUT2D eigenvalue weighted by molar-refractivity contribution is -0.387. The summed E-state index contributed by atoms with van der Waals surface area (Å²) in [7, 11) is 0. The first kappa shape index (κ1) is 15.7. The van der Waals surface area contributed by atoms with Gasteiger partial charge in [0.05, 0.1) is 10.8 Å². The van der Waals surface area contributed by atoms with Crippen LogP contribution in [-0.2, 0) is 4.79 Å². The topological polar surface area (TPSA) is 119 Å². The number of likely N-dealkylation sites (tertiary alicyclic amines) is 1. The Bertz CT molecular complexity index is 622. The number of amides is 3. The number of piperidine rings is 1. The Kier molecular flexibility index (Phi) is 4.54. The van der Waals surface area contributed by atoms with Crippen molar-refractivity contribution in [1.82, 2.24) is 4.90 Å². The fraction of sp³-hybridized carbons (Fsp3) is 0.385. The van der Waals surface area contributed by atoms with Crippen LogP contribution in [0.25, 0.3) is 0 Å². The van der Waals surface area contributed by atoms with E-state index in [9.17, 15) is 24.1 Å². The highest BCUT2D eigenvalue weighted by atomic mass is 19.1. The van der Waals surface area contributed by atoms with E-state index < -0.39 is 28.4 Å². The Morgan fingerprint density at radius 2 is 2.18 bits per heavy atom. The molecule has 0 radical (unpaired) electrons. The molecule has 1 saturated heterocycles. The SMILES string of the molecule is NC(=O)N1CCC[C@@H](C(=O)Nc2ccc(F)c([N+](=O)[O-])c2)C1. The molecule has 1 aromatic carbocycles. The third kappa shape index (κ3) is 3.48. The van der Waals surface area contributed by atoms with E-state index in [1.807, 2.05) is 0 Å². The summed E-state index contributed by atoms with van der Waals surface area (Å²) in [6, 6.07) is 2.54. The second kappa shape index (κ2) is 6.37. The standard InChI is InChI=1S/C13H15FN4O4/c14-10-4-3-9(6-11(10)18(21)22)16-12(19)8-2-1-5-17(7-8)13(15)20/h3-4,6,8H,1-2,5,7H2,(H2,15,20)(H,16,19)/t8-/m1/s1. The van der Waals surface area contributed by atoms with E-state index in [0.29, 0.717) is 19.4 Å². The van der Waals surface area contributed by atoms with Crippen LogP contribution in [0.1, 0.15) is 12.8 Å². The molecular formula is C13H15FN4O4. The molecule has 1 aromatic rings. The van der Waals surface area contributed by atoms with Gasteiger partial charge in [0.25, 0.3) is 0 Å². The summed E-state index contributed by atoms with van der Waals surface area (Å²) in [6.07, 6.45) is 1.23. The van der Waals surface area contributed by atoms with Gasteiger partial charge in [-0.1, -0.05) is 0 Å². The van der Waals surface area contributed by atoms with Crippen molar-refractivity contribution in [3.63, 3.8) is 0 Å². The molecule has 1 fully saturated rings. The van der Waals surface area contributed by atoms with Gasteiger partial charge in [0.1, 0.15) is 0 Å². The number of nitro groups is 1. The Balaban J connectivity index is 2.07. The molecule has 1 atom stereocenters. The molecule has 9 heteroatoms. The van der Waals surface area contributed by atoms with Crippen LogP contribution in [0.3, 0.4) is 0 Å². The molecule has 0 aromatic heterocycles. The molecule has 0 unspecified atom stereocenters. The van der Waals surface area contributed by atoms with Crippen LogP contribution in [0.5, 0.6) is 0 Å². The van der Waals surface area contributed by atoms with Crippen LogP contribution in [0.4, 0.5) is 20.6 Å². The summed E-state index contributed by atoms with van der Waals surface area (Å²) in [6.45, 7) is 0.700. The minimum absolute atomic E-state index is 0.134. The predicted molar refractivity (Wildman–Crippen MR) is 75.6 cm³/mol. The Hall–Kier alpha value is -2.71. The third-order valence-electron chi connectivity index (χ3n) is 3.51. The number of halogens is 1. The van der Waals surface area contributed by atoms with Gasteiger partial charge in [0.15, 0.2) is 0 Å². The number of primary amides is 1. The summed E-state index contributed by atoms with van der Waals surface area (Å²) in [5, 5.41) is 13.2. The van der Waals surface area contributed by atoms with Crippen molar-refractivity contribution >= 4 is 23.3 Å². The Morgan fingerprint density at radius 3 is 2.82 bits per heavy atom. The molecule has 3 N–H and O–H groups in total. The monoisotopic (exact) mass is 310 g/mol. The first-order chi connectivity index (χ1) is 10.4. The molecule has 0 bridgehead atoms.